The second kappa shape index (κ2) is 8.15. The van der Waals surface area contributed by atoms with Crippen LogP contribution in [0.1, 0.15) is 29.2 Å². The molecule has 2 aliphatic rings. The molecule has 1 aromatic heterocycles. The fourth-order valence-corrected chi connectivity index (χ4v) is 5.50. The van der Waals surface area contributed by atoms with E-state index in [2.05, 4.69) is 52.3 Å². The molecular weight excluding hydrogens is 426 g/mol. The number of imide groups is 1. The summed E-state index contributed by atoms with van der Waals surface area (Å²) in [6.45, 7) is 1.26. The number of benzene rings is 3. The van der Waals surface area contributed by atoms with Gasteiger partial charge in [-0.05, 0) is 29.3 Å². The van der Waals surface area contributed by atoms with E-state index in [0.717, 1.165) is 11.2 Å². The zero-order valence-corrected chi connectivity index (χ0v) is 18.9. The molecule has 0 spiro atoms. The van der Waals surface area contributed by atoms with Crippen LogP contribution in [-0.4, -0.2) is 41.4 Å². The normalized spacial score (nSPS) is 20.7. The first kappa shape index (κ1) is 20.7. The summed E-state index contributed by atoms with van der Waals surface area (Å²) in [4.78, 5) is 33.7. The molecule has 1 N–H and O–H groups in total. The van der Waals surface area contributed by atoms with Gasteiger partial charge in [-0.25, -0.2) is 4.90 Å². The van der Waals surface area contributed by atoms with E-state index in [1.54, 1.807) is 19.2 Å². The molecule has 2 aliphatic heterocycles. The fraction of sp³-hybridized carbons (Fsp3) is 0.214. The molecule has 0 bridgehead atoms. The number of aromatic nitrogens is 1. The van der Waals surface area contributed by atoms with E-state index in [1.807, 2.05) is 24.3 Å². The number of hydrogen-bond donors (Lipinski definition) is 1. The lowest BCUT2D eigenvalue weighted by Gasteiger charge is -2.36. The molecule has 170 valence electrons. The first-order valence-electron chi connectivity index (χ1n) is 11.5. The summed E-state index contributed by atoms with van der Waals surface area (Å²) in [7, 11) is 1.55. The van der Waals surface area contributed by atoms with Crippen molar-refractivity contribution in [3.63, 3.8) is 0 Å². The maximum absolute atomic E-state index is 13.6. The van der Waals surface area contributed by atoms with Crippen molar-refractivity contribution in [2.45, 2.75) is 24.9 Å². The van der Waals surface area contributed by atoms with Crippen molar-refractivity contribution in [2.24, 2.45) is 0 Å². The Balaban J connectivity index is 1.39. The van der Waals surface area contributed by atoms with Crippen molar-refractivity contribution in [1.82, 2.24) is 9.88 Å². The Bertz CT molecular complexity index is 1390. The van der Waals surface area contributed by atoms with E-state index in [4.69, 9.17) is 4.74 Å². The number of ether oxygens (including phenoxy) is 1. The van der Waals surface area contributed by atoms with Crippen molar-refractivity contribution in [1.29, 1.82) is 0 Å². The molecule has 0 radical (unpaired) electrons. The first-order chi connectivity index (χ1) is 16.7. The monoisotopic (exact) mass is 451 g/mol. The van der Waals surface area contributed by atoms with E-state index < -0.39 is 6.04 Å². The Labute approximate surface area is 197 Å². The SMILES string of the molecule is COc1ccccc1N1C(=O)C[C@@H](N2Cc3[nH]c4ccccc4c3[C@H](c3ccccc3)C2)C1=O. The van der Waals surface area contributed by atoms with Crippen molar-refractivity contribution < 1.29 is 14.3 Å². The molecule has 0 unspecified atom stereocenters. The molecule has 6 rings (SSSR count). The van der Waals surface area contributed by atoms with Gasteiger partial charge in [0.1, 0.15) is 5.75 Å². The molecule has 4 aromatic rings. The number of para-hydroxylation sites is 3. The number of methoxy groups -OCH3 is 1. The largest absolute Gasteiger partial charge is 0.495 e. The second-order valence-corrected chi connectivity index (χ2v) is 8.91. The summed E-state index contributed by atoms with van der Waals surface area (Å²) in [6.07, 6.45) is 0.161. The summed E-state index contributed by atoms with van der Waals surface area (Å²) in [6, 6.07) is 25.4. The molecule has 2 atom stereocenters. The number of hydrogen-bond acceptors (Lipinski definition) is 4. The minimum atomic E-state index is -0.511. The van der Waals surface area contributed by atoms with Gasteiger partial charge in [-0.3, -0.25) is 14.5 Å². The van der Waals surface area contributed by atoms with Gasteiger partial charge in [0.05, 0.1) is 25.3 Å². The number of nitrogens with zero attached hydrogens (tertiary/aromatic N) is 2. The number of carbonyl (C=O) groups is 2. The molecule has 1 saturated heterocycles. The van der Waals surface area contributed by atoms with Crippen LogP contribution in [0.2, 0.25) is 0 Å². The van der Waals surface area contributed by atoms with Gasteiger partial charge >= 0.3 is 0 Å². The number of nitrogens with one attached hydrogen (secondary N) is 1. The fourth-order valence-electron chi connectivity index (χ4n) is 5.50. The molecular formula is C28H25N3O3. The zero-order chi connectivity index (χ0) is 23.2. The topological polar surface area (TPSA) is 65.6 Å². The summed E-state index contributed by atoms with van der Waals surface area (Å²) < 4.78 is 5.43. The molecule has 1 fully saturated rings. The summed E-state index contributed by atoms with van der Waals surface area (Å²) in [5.41, 5.74) is 5.20. The van der Waals surface area contributed by atoms with Gasteiger partial charge in [0.2, 0.25) is 5.91 Å². The van der Waals surface area contributed by atoms with E-state index in [1.165, 1.54) is 21.4 Å². The van der Waals surface area contributed by atoms with Gasteiger partial charge in [0, 0.05) is 35.6 Å². The number of amides is 2. The molecule has 6 heteroatoms. The third kappa shape index (κ3) is 3.22. The van der Waals surface area contributed by atoms with E-state index >= 15 is 0 Å². The Morgan fingerprint density at radius 1 is 0.912 bits per heavy atom. The maximum Gasteiger partial charge on any atom is 0.251 e. The predicted octanol–water partition coefficient (Wildman–Crippen LogP) is 4.46. The van der Waals surface area contributed by atoms with Crippen molar-refractivity contribution in [3.8, 4) is 5.75 Å². The summed E-state index contributed by atoms with van der Waals surface area (Å²) in [5.74, 6) is 0.229. The Hall–Kier alpha value is -3.90. The lowest BCUT2D eigenvalue weighted by atomic mass is 9.85. The highest BCUT2D eigenvalue weighted by Gasteiger charge is 2.46. The van der Waals surface area contributed by atoms with Crippen molar-refractivity contribution in [2.75, 3.05) is 18.6 Å². The Morgan fingerprint density at radius 3 is 2.47 bits per heavy atom. The molecule has 0 saturated carbocycles. The van der Waals surface area contributed by atoms with Crippen LogP contribution < -0.4 is 9.64 Å². The number of rotatable bonds is 4. The van der Waals surface area contributed by atoms with Crippen molar-refractivity contribution in [3.05, 3.63) is 95.7 Å². The van der Waals surface area contributed by atoms with Crippen LogP contribution >= 0.6 is 0 Å². The molecule has 2 amide bonds. The van der Waals surface area contributed by atoms with E-state index in [0.29, 0.717) is 24.5 Å². The van der Waals surface area contributed by atoms with E-state index in [9.17, 15) is 9.59 Å². The standard InChI is InChI=1S/C28H25N3O3/c1-34-25-14-8-7-13-23(25)31-26(32)15-24(28(31)33)30-16-20(18-9-3-2-4-10-18)27-19-11-5-6-12-21(19)29-22(27)17-30/h2-14,20,24,29H,15-17H2,1H3/t20-,24+/m0/s1. The first-order valence-corrected chi connectivity index (χ1v) is 11.5. The van der Waals surface area contributed by atoms with Crippen LogP contribution in [0, 0.1) is 0 Å². The van der Waals surface area contributed by atoms with Crippen LogP contribution in [0.15, 0.2) is 78.9 Å². The molecule has 3 heterocycles. The van der Waals surface area contributed by atoms with Crippen LogP contribution in [0.25, 0.3) is 10.9 Å². The third-order valence-corrected chi connectivity index (χ3v) is 7.05. The Morgan fingerprint density at radius 2 is 1.65 bits per heavy atom. The lowest BCUT2D eigenvalue weighted by molar-refractivity contribution is -0.123. The smallest absolute Gasteiger partial charge is 0.251 e. The predicted molar refractivity (Wildman–Crippen MR) is 131 cm³/mol. The maximum atomic E-state index is 13.6. The van der Waals surface area contributed by atoms with Gasteiger partial charge < -0.3 is 9.72 Å². The van der Waals surface area contributed by atoms with Crippen LogP contribution in [0.5, 0.6) is 5.75 Å². The summed E-state index contributed by atoms with van der Waals surface area (Å²) >= 11 is 0. The van der Waals surface area contributed by atoms with Gasteiger partial charge in [-0.2, -0.15) is 0 Å². The number of aromatic amines is 1. The van der Waals surface area contributed by atoms with Crippen molar-refractivity contribution >= 4 is 28.4 Å². The molecule has 3 aromatic carbocycles. The second-order valence-electron chi connectivity index (χ2n) is 8.91. The Kier molecular flexibility index (Phi) is 4.96. The highest BCUT2D eigenvalue weighted by molar-refractivity contribution is 6.23. The lowest BCUT2D eigenvalue weighted by Crippen LogP contribution is -2.45. The third-order valence-electron chi connectivity index (χ3n) is 7.05. The van der Waals surface area contributed by atoms with Crippen LogP contribution in [0.3, 0.4) is 0 Å². The molecule has 6 nitrogen and oxygen atoms in total. The van der Waals surface area contributed by atoms with Gasteiger partial charge in [0.15, 0.2) is 0 Å². The quantitative estimate of drug-likeness (QED) is 0.466. The summed E-state index contributed by atoms with van der Waals surface area (Å²) in [5, 5.41) is 1.22. The average molecular weight is 452 g/mol. The van der Waals surface area contributed by atoms with Gasteiger partial charge in [-0.15, -0.1) is 0 Å². The highest BCUT2D eigenvalue weighted by Crippen LogP contribution is 2.41. The number of anilines is 1. The average Bonchev–Trinajstić information content (AvgIpc) is 3.40. The minimum Gasteiger partial charge on any atom is -0.495 e. The van der Waals surface area contributed by atoms with Gasteiger partial charge in [0.25, 0.3) is 5.91 Å². The number of carbonyl (C=O) groups excluding carboxylic acids is 2. The zero-order valence-electron chi connectivity index (χ0n) is 18.9. The van der Waals surface area contributed by atoms with Crippen LogP contribution in [-0.2, 0) is 16.1 Å². The number of fused-ring (bicyclic) bond motifs is 3. The van der Waals surface area contributed by atoms with Crippen LogP contribution in [0.4, 0.5) is 5.69 Å². The molecule has 0 aliphatic carbocycles. The van der Waals surface area contributed by atoms with Gasteiger partial charge in [-0.1, -0.05) is 60.7 Å². The minimum absolute atomic E-state index is 0.101. The number of H-pyrrole nitrogens is 1. The molecule has 34 heavy (non-hydrogen) atoms. The van der Waals surface area contributed by atoms with E-state index in [-0.39, 0.29) is 24.2 Å². The highest BCUT2D eigenvalue weighted by atomic mass is 16.5.